The van der Waals surface area contributed by atoms with Gasteiger partial charge in [-0.05, 0) is 19.9 Å². The van der Waals surface area contributed by atoms with Gasteiger partial charge in [-0.15, -0.1) is 0 Å². The van der Waals surface area contributed by atoms with Crippen molar-refractivity contribution in [3.63, 3.8) is 0 Å². The van der Waals surface area contributed by atoms with Crippen molar-refractivity contribution in [1.29, 1.82) is 0 Å². The van der Waals surface area contributed by atoms with Crippen LogP contribution in [0.3, 0.4) is 0 Å². The summed E-state index contributed by atoms with van der Waals surface area (Å²) in [6, 6.07) is 0.411. The molecule has 0 radical (unpaired) electrons. The molecule has 1 aliphatic heterocycles. The summed E-state index contributed by atoms with van der Waals surface area (Å²) in [5, 5.41) is 6.67. The zero-order valence-corrected chi connectivity index (χ0v) is 9.03. The molecule has 6 heteroatoms. The van der Waals surface area contributed by atoms with Gasteiger partial charge in [-0.25, -0.2) is 9.97 Å². The summed E-state index contributed by atoms with van der Waals surface area (Å²) >= 11 is 0. The number of aryl methyl sites for hydroxylation is 1. The van der Waals surface area contributed by atoms with E-state index in [2.05, 4.69) is 25.6 Å². The first-order chi connectivity index (χ1) is 7.83. The van der Waals surface area contributed by atoms with Gasteiger partial charge >= 0.3 is 0 Å². The van der Waals surface area contributed by atoms with Crippen LogP contribution in [0.15, 0.2) is 10.8 Å². The minimum Gasteiger partial charge on any atom is -0.425 e. The Balaban J connectivity index is 1.97. The van der Waals surface area contributed by atoms with Crippen LogP contribution in [0, 0.1) is 6.92 Å². The molecule has 0 amide bonds. The highest BCUT2D eigenvalue weighted by molar-refractivity contribution is 5.80. The van der Waals surface area contributed by atoms with Crippen molar-refractivity contribution in [3.05, 3.63) is 12.2 Å². The number of oxazole rings is 1. The smallest absolute Gasteiger partial charge is 0.252 e. The topological polar surface area (TPSA) is 75.9 Å². The first-order valence-electron chi connectivity index (χ1n) is 5.38. The van der Waals surface area contributed by atoms with E-state index in [0.717, 1.165) is 25.3 Å². The van der Waals surface area contributed by atoms with Crippen molar-refractivity contribution in [1.82, 2.24) is 20.3 Å². The quantitative estimate of drug-likeness (QED) is 0.774. The molecular weight excluding hydrogens is 206 g/mol. The normalized spacial score (nSPS) is 20.4. The van der Waals surface area contributed by atoms with Gasteiger partial charge in [0.05, 0.1) is 0 Å². The lowest BCUT2D eigenvalue weighted by molar-refractivity contribution is 0.589. The Bertz CT molecular complexity index is 503. The molecule has 1 unspecified atom stereocenters. The van der Waals surface area contributed by atoms with Gasteiger partial charge in [0.25, 0.3) is 5.71 Å². The lowest BCUT2D eigenvalue weighted by atomic mass is 10.2. The third kappa shape index (κ3) is 1.61. The number of anilines is 1. The molecule has 3 heterocycles. The van der Waals surface area contributed by atoms with Crippen molar-refractivity contribution in [2.75, 3.05) is 18.4 Å². The summed E-state index contributed by atoms with van der Waals surface area (Å²) < 4.78 is 5.19. The first-order valence-corrected chi connectivity index (χ1v) is 5.38. The van der Waals surface area contributed by atoms with Gasteiger partial charge < -0.3 is 15.1 Å². The Labute approximate surface area is 92.5 Å². The molecule has 0 bridgehead atoms. The van der Waals surface area contributed by atoms with Gasteiger partial charge in [0.15, 0.2) is 17.7 Å². The highest BCUT2D eigenvalue weighted by Gasteiger charge is 2.17. The molecule has 1 saturated heterocycles. The van der Waals surface area contributed by atoms with E-state index in [-0.39, 0.29) is 0 Å². The SMILES string of the molecule is Cc1nc(NC2CCNC2)c2ncoc2n1. The third-order valence-corrected chi connectivity index (χ3v) is 2.71. The standard InChI is InChI=1S/C10H13N5O/c1-6-13-9(15-7-2-3-11-4-7)8-10(14-6)16-5-12-8/h5,7,11H,2-4H2,1H3,(H,13,14,15). The number of fused-ring (bicyclic) bond motifs is 1. The second-order valence-corrected chi connectivity index (χ2v) is 3.96. The maximum Gasteiger partial charge on any atom is 0.252 e. The molecule has 2 N–H and O–H groups in total. The van der Waals surface area contributed by atoms with Crippen molar-refractivity contribution >= 4 is 17.0 Å². The molecule has 0 spiro atoms. The third-order valence-electron chi connectivity index (χ3n) is 2.71. The second kappa shape index (κ2) is 3.71. The van der Waals surface area contributed by atoms with Gasteiger partial charge in [0, 0.05) is 12.6 Å². The molecule has 84 valence electrons. The molecule has 2 aromatic rings. The van der Waals surface area contributed by atoms with Crippen LogP contribution in [-0.2, 0) is 0 Å². The minimum atomic E-state index is 0.411. The summed E-state index contributed by atoms with van der Waals surface area (Å²) in [4.78, 5) is 12.7. The number of aromatic nitrogens is 3. The van der Waals surface area contributed by atoms with E-state index in [0.29, 0.717) is 23.1 Å². The van der Waals surface area contributed by atoms with E-state index in [4.69, 9.17) is 4.42 Å². The molecule has 1 aliphatic rings. The van der Waals surface area contributed by atoms with Crippen LogP contribution >= 0.6 is 0 Å². The van der Waals surface area contributed by atoms with Crippen LogP contribution < -0.4 is 10.6 Å². The molecule has 1 fully saturated rings. The fraction of sp³-hybridized carbons (Fsp3) is 0.500. The van der Waals surface area contributed by atoms with E-state index < -0.39 is 0 Å². The van der Waals surface area contributed by atoms with E-state index in [1.165, 1.54) is 6.39 Å². The fourth-order valence-electron chi connectivity index (χ4n) is 1.94. The van der Waals surface area contributed by atoms with E-state index in [1.807, 2.05) is 6.92 Å². The van der Waals surface area contributed by atoms with Crippen molar-refractivity contribution in [2.24, 2.45) is 0 Å². The Morgan fingerprint density at radius 3 is 3.25 bits per heavy atom. The van der Waals surface area contributed by atoms with Gasteiger partial charge in [-0.3, -0.25) is 0 Å². The van der Waals surface area contributed by atoms with E-state index in [1.54, 1.807) is 0 Å². The average molecular weight is 219 g/mol. The molecular formula is C10H13N5O. The molecule has 0 saturated carbocycles. The lowest BCUT2D eigenvalue weighted by Gasteiger charge is -2.11. The summed E-state index contributed by atoms with van der Waals surface area (Å²) in [7, 11) is 0. The zero-order chi connectivity index (χ0) is 11.0. The predicted octanol–water partition coefficient (Wildman–Crippen LogP) is 0.700. The molecule has 1 atom stereocenters. The Hall–Kier alpha value is -1.69. The van der Waals surface area contributed by atoms with Crippen molar-refractivity contribution in [3.8, 4) is 0 Å². The molecule has 0 aliphatic carbocycles. The van der Waals surface area contributed by atoms with Gasteiger partial charge in [-0.1, -0.05) is 0 Å². The molecule has 2 aromatic heterocycles. The fourth-order valence-corrected chi connectivity index (χ4v) is 1.94. The second-order valence-electron chi connectivity index (χ2n) is 3.96. The monoisotopic (exact) mass is 219 g/mol. The minimum absolute atomic E-state index is 0.411. The van der Waals surface area contributed by atoms with Crippen LogP contribution in [-0.4, -0.2) is 34.1 Å². The molecule has 6 nitrogen and oxygen atoms in total. The number of nitrogens with zero attached hydrogens (tertiary/aromatic N) is 3. The van der Waals surface area contributed by atoms with Gasteiger partial charge in [0.1, 0.15) is 5.82 Å². The van der Waals surface area contributed by atoms with Crippen LogP contribution in [0.1, 0.15) is 12.2 Å². The van der Waals surface area contributed by atoms with Crippen LogP contribution in [0.2, 0.25) is 0 Å². The number of hydrogen-bond donors (Lipinski definition) is 2. The van der Waals surface area contributed by atoms with Crippen LogP contribution in [0.4, 0.5) is 5.82 Å². The highest BCUT2D eigenvalue weighted by atomic mass is 16.3. The summed E-state index contributed by atoms with van der Waals surface area (Å²) in [6.07, 6.45) is 2.50. The molecule has 3 rings (SSSR count). The van der Waals surface area contributed by atoms with Crippen molar-refractivity contribution in [2.45, 2.75) is 19.4 Å². The number of hydrogen-bond acceptors (Lipinski definition) is 6. The summed E-state index contributed by atoms with van der Waals surface area (Å²) in [6.45, 7) is 3.85. The molecule has 16 heavy (non-hydrogen) atoms. The maximum absolute atomic E-state index is 5.19. The summed E-state index contributed by atoms with van der Waals surface area (Å²) in [5.74, 6) is 1.46. The Morgan fingerprint density at radius 2 is 2.44 bits per heavy atom. The van der Waals surface area contributed by atoms with Crippen LogP contribution in [0.25, 0.3) is 11.2 Å². The Kier molecular flexibility index (Phi) is 2.21. The van der Waals surface area contributed by atoms with E-state index in [9.17, 15) is 0 Å². The summed E-state index contributed by atoms with van der Waals surface area (Å²) in [5.41, 5.74) is 1.25. The average Bonchev–Trinajstić information content (AvgIpc) is 2.87. The highest BCUT2D eigenvalue weighted by Crippen LogP contribution is 2.19. The largest absolute Gasteiger partial charge is 0.425 e. The maximum atomic E-state index is 5.19. The van der Waals surface area contributed by atoms with E-state index >= 15 is 0 Å². The van der Waals surface area contributed by atoms with Crippen molar-refractivity contribution < 1.29 is 4.42 Å². The number of nitrogens with one attached hydrogen (secondary N) is 2. The number of rotatable bonds is 2. The molecule has 0 aromatic carbocycles. The Morgan fingerprint density at radius 1 is 1.50 bits per heavy atom. The van der Waals surface area contributed by atoms with Crippen LogP contribution in [0.5, 0.6) is 0 Å². The first kappa shape index (κ1) is 9.53. The predicted molar refractivity (Wildman–Crippen MR) is 59.2 cm³/mol. The van der Waals surface area contributed by atoms with Gasteiger partial charge in [0.2, 0.25) is 0 Å². The lowest BCUT2D eigenvalue weighted by Crippen LogP contribution is -2.23. The van der Waals surface area contributed by atoms with Gasteiger partial charge in [-0.2, -0.15) is 4.98 Å². The zero-order valence-electron chi connectivity index (χ0n) is 9.03.